The van der Waals surface area contributed by atoms with Gasteiger partial charge in [-0.3, -0.25) is 9.36 Å². The van der Waals surface area contributed by atoms with Crippen molar-refractivity contribution in [3.8, 4) is 0 Å². The minimum atomic E-state index is -0.601. The van der Waals surface area contributed by atoms with Crippen molar-refractivity contribution in [3.05, 3.63) is 38.9 Å². The fraction of sp³-hybridized carbons (Fsp3) is 0.467. The molecular formula is C15H16Cl2N2O3. The van der Waals surface area contributed by atoms with Crippen LogP contribution in [0.2, 0.25) is 10.0 Å². The Morgan fingerprint density at radius 2 is 2.09 bits per heavy atom. The van der Waals surface area contributed by atoms with Gasteiger partial charge in [-0.1, -0.05) is 23.2 Å². The van der Waals surface area contributed by atoms with Crippen LogP contribution in [-0.2, 0) is 11.3 Å². The lowest BCUT2D eigenvalue weighted by Gasteiger charge is -2.27. The van der Waals surface area contributed by atoms with E-state index in [0.29, 0.717) is 34.2 Å². The molecule has 1 aromatic heterocycles. The van der Waals surface area contributed by atoms with Crippen LogP contribution in [0.25, 0.3) is 10.9 Å². The number of aliphatic hydroxyl groups excluding tert-OH is 1. The highest BCUT2D eigenvalue weighted by Crippen LogP contribution is 2.24. The predicted molar refractivity (Wildman–Crippen MR) is 85.6 cm³/mol. The van der Waals surface area contributed by atoms with Gasteiger partial charge in [0.2, 0.25) is 0 Å². The second-order valence-electron chi connectivity index (χ2n) is 5.50. The maximum Gasteiger partial charge on any atom is 0.261 e. The van der Waals surface area contributed by atoms with Gasteiger partial charge in [0, 0.05) is 18.2 Å². The zero-order valence-corrected chi connectivity index (χ0v) is 13.3. The minimum absolute atomic E-state index is 0.138. The number of fused-ring (bicyclic) bond motifs is 1. The van der Waals surface area contributed by atoms with Crippen molar-refractivity contribution in [1.82, 2.24) is 9.55 Å². The lowest BCUT2D eigenvalue weighted by molar-refractivity contribution is 0.00124. The van der Waals surface area contributed by atoms with E-state index in [1.807, 2.05) is 0 Å². The molecule has 1 N–H and O–H groups in total. The highest BCUT2D eigenvalue weighted by Gasteiger charge is 2.23. The molecular weight excluding hydrogens is 327 g/mol. The van der Waals surface area contributed by atoms with Gasteiger partial charge in [-0.25, -0.2) is 4.98 Å². The molecule has 0 spiro atoms. The van der Waals surface area contributed by atoms with Crippen LogP contribution in [0.15, 0.2) is 23.3 Å². The zero-order valence-electron chi connectivity index (χ0n) is 11.8. The molecule has 1 unspecified atom stereocenters. The first-order chi connectivity index (χ1) is 10.6. The Morgan fingerprint density at radius 3 is 2.82 bits per heavy atom. The SMILES string of the molecule is O=c1c2cc(Cl)cc(Cl)c2ncn1CC(O)C1CCOCC1. The molecule has 1 atom stereocenters. The Kier molecular flexibility index (Phi) is 4.68. The summed E-state index contributed by atoms with van der Waals surface area (Å²) in [6.07, 6.45) is 2.42. The Morgan fingerprint density at radius 1 is 1.36 bits per heavy atom. The van der Waals surface area contributed by atoms with E-state index in [4.69, 9.17) is 27.9 Å². The fourth-order valence-electron chi connectivity index (χ4n) is 2.78. The van der Waals surface area contributed by atoms with Crippen LogP contribution in [-0.4, -0.2) is 34.0 Å². The second-order valence-corrected chi connectivity index (χ2v) is 6.35. The molecule has 118 valence electrons. The van der Waals surface area contributed by atoms with Crippen LogP contribution < -0.4 is 5.56 Å². The topological polar surface area (TPSA) is 64.4 Å². The Balaban J connectivity index is 1.91. The van der Waals surface area contributed by atoms with Gasteiger partial charge >= 0.3 is 0 Å². The molecule has 0 saturated carbocycles. The van der Waals surface area contributed by atoms with E-state index in [2.05, 4.69) is 4.98 Å². The summed E-state index contributed by atoms with van der Waals surface area (Å²) in [6, 6.07) is 3.11. The second kappa shape index (κ2) is 6.54. The Hall–Kier alpha value is -1.14. The molecule has 1 fully saturated rings. The number of ether oxygens (including phenoxy) is 1. The quantitative estimate of drug-likeness (QED) is 0.930. The van der Waals surface area contributed by atoms with Gasteiger partial charge in [-0.15, -0.1) is 0 Å². The number of rotatable bonds is 3. The number of benzene rings is 1. The van der Waals surface area contributed by atoms with Crippen molar-refractivity contribution in [3.63, 3.8) is 0 Å². The molecule has 5 nitrogen and oxygen atoms in total. The van der Waals surface area contributed by atoms with Gasteiger partial charge in [-0.05, 0) is 30.9 Å². The third-order valence-electron chi connectivity index (χ3n) is 4.04. The molecule has 1 aliphatic rings. The largest absolute Gasteiger partial charge is 0.391 e. The first-order valence-corrected chi connectivity index (χ1v) is 7.92. The molecule has 22 heavy (non-hydrogen) atoms. The van der Waals surface area contributed by atoms with Gasteiger partial charge in [0.15, 0.2) is 0 Å². The van der Waals surface area contributed by atoms with E-state index in [-0.39, 0.29) is 18.0 Å². The normalized spacial score (nSPS) is 17.8. The number of aliphatic hydroxyl groups is 1. The summed E-state index contributed by atoms with van der Waals surface area (Å²) in [5.41, 5.74) is 0.174. The molecule has 0 aliphatic carbocycles. The Bertz CT molecular complexity index is 741. The fourth-order valence-corrected chi connectivity index (χ4v) is 3.32. The summed E-state index contributed by atoms with van der Waals surface area (Å²) in [6.45, 7) is 1.51. The van der Waals surface area contributed by atoms with Crippen LogP contribution in [0.5, 0.6) is 0 Å². The molecule has 1 saturated heterocycles. The average Bonchev–Trinajstić information content (AvgIpc) is 2.51. The van der Waals surface area contributed by atoms with Gasteiger partial charge in [-0.2, -0.15) is 0 Å². The molecule has 2 aromatic rings. The monoisotopic (exact) mass is 342 g/mol. The molecule has 3 rings (SSSR count). The van der Waals surface area contributed by atoms with E-state index in [1.165, 1.54) is 10.9 Å². The molecule has 0 amide bonds. The molecule has 0 bridgehead atoms. The maximum atomic E-state index is 12.5. The maximum absolute atomic E-state index is 12.5. The van der Waals surface area contributed by atoms with Crippen LogP contribution in [0.4, 0.5) is 0 Å². The molecule has 1 aromatic carbocycles. The number of nitrogens with zero attached hydrogens (tertiary/aromatic N) is 2. The summed E-state index contributed by atoms with van der Waals surface area (Å²) >= 11 is 12.0. The highest BCUT2D eigenvalue weighted by atomic mass is 35.5. The summed E-state index contributed by atoms with van der Waals surface area (Å²) in [7, 11) is 0. The smallest absolute Gasteiger partial charge is 0.261 e. The molecule has 7 heteroatoms. The van der Waals surface area contributed by atoms with E-state index in [1.54, 1.807) is 12.1 Å². The summed E-state index contributed by atoms with van der Waals surface area (Å²) < 4.78 is 6.70. The lowest BCUT2D eigenvalue weighted by Crippen LogP contribution is -2.34. The summed E-state index contributed by atoms with van der Waals surface area (Å²) in [4.78, 5) is 16.7. The van der Waals surface area contributed by atoms with E-state index < -0.39 is 6.10 Å². The third-order valence-corrected chi connectivity index (χ3v) is 4.55. The van der Waals surface area contributed by atoms with Crippen LogP contribution in [0, 0.1) is 5.92 Å². The van der Waals surface area contributed by atoms with Crippen molar-refractivity contribution < 1.29 is 9.84 Å². The van der Waals surface area contributed by atoms with Crippen LogP contribution >= 0.6 is 23.2 Å². The molecule has 2 heterocycles. The number of hydrogen-bond acceptors (Lipinski definition) is 4. The average molecular weight is 343 g/mol. The Labute approximate surface area is 137 Å². The van der Waals surface area contributed by atoms with Crippen molar-refractivity contribution in [1.29, 1.82) is 0 Å². The third kappa shape index (κ3) is 3.13. The van der Waals surface area contributed by atoms with Crippen LogP contribution in [0.1, 0.15) is 12.8 Å². The lowest BCUT2D eigenvalue weighted by atomic mass is 9.94. The van der Waals surface area contributed by atoms with Crippen molar-refractivity contribution >= 4 is 34.1 Å². The van der Waals surface area contributed by atoms with Gasteiger partial charge in [0.05, 0.1) is 34.9 Å². The number of halogens is 2. The van der Waals surface area contributed by atoms with E-state index in [9.17, 15) is 9.90 Å². The van der Waals surface area contributed by atoms with Gasteiger partial charge in [0.1, 0.15) is 0 Å². The standard InChI is InChI=1S/C15H16Cl2N2O3/c16-10-5-11-14(12(17)6-10)18-8-19(15(11)21)7-13(20)9-1-3-22-4-2-9/h5-6,8-9,13,20H,1-4,7H2. The number of hydrogen-bond donors (Lipinski definition) is 1. The predicted octanol–water partition coefficient (Wildman–Crippen LogP) is 2.49. The van der Waals surface area contributed by atoms with Crippen LogP contribution in [0.3, 0.4) is 0 Å². The van der Waals surface area contributed by atoms with Gasteiger partial charge in [0.25, 0.3) is 5.56 Å². The molecule has 0 radical (unpaired) electrons. The first kappa shape index (κ1) is 15.7. The van der Waals surface area contributed by atoms with E-state index in [0.717, 1.165) is 12.8 Å². The first-order valence-electron chi connectivity index (χ1n) is 7.16. The number of aromatic nitrogens is 2. The minimum Gasteiger partial charge on any atom is -0.391 e. The summed E-state index contributed by atoms with van der Waals surface area (Å²) in [5.74, 6) is 0.138. The van der Waals surface area contributed by atoms with Gasteiger partial charge < -0.3 is 9.84 Å². The van der Waals surface area contributed by atoms with Crippen molar-refractivity contribution in [2.45, 2.75) is 25.5 Å². The highest BCUT2D eigenvalue weighted by molar-refractivity contribution is 6.38. The van der Waals surface area contributed by atoms with Crippen molar-refractivity contribution in [2.75, 3.05) is 13.2 Å². The molecule has 1 aliphatic heterocycles. The summed E-state index contributed by atoms with van der Waals surface area (Å²) in [5, 5.41) is 11.4. The van der Waals surface area contributed by atoms with E-state index >= 15 is 0 Å². The zero-order chi connectivity index (χ0) is 15.7. The van der Waals surface area contributed by atoms with Crippen molar-refractivity contribution in [2.24, 2.45) is 5.92 Å².